The van der Waals surface area contributed by atoms with Crippen LogP contribution in [0.25, 0.3) is 0 Å². The summed E-state index contributed by atoms with van der Waals surface area (Å²) in [4.78, 5) is 37.3. The van der Waals surface area contributed by atoms with E-state index < -0.39 is 17.8 Å². The minimum Gasteiger partial charge on any atom is -0.481 e. The number of likely N-dealkylation sites (tertiary alicyclic amines) is 1. The molecule has 5 unspecified atom stereocenters. The summed E-state index contributed by atoms with van der Waals surface area (Å²) in [5.74, 6) is -2.69. The van der Waals surface area contributed by atoms with Crippen molar-refractivity contribution in [3.63, 3.8) is 0 Å². The third kappa shape index (κ3) is 2.22. The fourth-order valence-corrected chi connectivity index (χ4v) is 4.03. The van der Waals surface area contributed by atoms with Gasteiger partial charge in [-0.3, -0.25) is 14.4 Å². The topological polar surface area (TPSA) is 83.9 Å². The van der Waals surface area contributed by atoms with Crippen LogP contribution in [0.2, 0.25) is 0 Å². The van der Waals surface area contributed by atoms with Crippen LogP contribution < -0.4 is 0 Å². The number of methoxy groups -OCH3 is 1. The third-order valence-corrected chi connectivity index (χ3v) is 5.06. The number of amides is 1. The predicted molar refractivity (Wildman–Crippen MR) is 72.1 cm³/mol. The molecule has 21 heavy (non-hydrogen) atoms. The van der Waals surface area contributed by atoms with E-state index in [0.717, 1.165) is 6.42 Å². The molecule has 0 aromatic carbocycles. The van der Waals surface area contributed by atoms with Gasteiger partial charge in [0.05, 0.1) is 24.9 Å². The molecule has 1 heterocycles. The molecule has 6 heteroatoms. The molecule has 0 aromatic rings. The van der Waals surface area contributed by atoms with E-state index in [4.69, 9.17) is 4.74 Å². The molecule has 2 bridgehead atoms. The van der Waals surface area contributed by atoms with E-state index in [9.17, 15) is 19.5 Å². The number of fused-ring (bicyclic) bond motifs is 2. The Morgan fingerprint density at radius 2 is 1.86 bits per heavy atom. The monoisotopic (exact) mass is 293 g/mol. The average Bonchev–Trinajstić information content (AvgIpc) is 3.19. The zero-order valence-corrected chi connectivity index (χ0v) is 11.9. The Hall–Kier alpha value is -1.85. The van der Waals surface area contributed by atoms with E-state index in [1.165, 1.54) is 7.11 Å². The highest BCUT2D eigenvalue weighted by atomic mass is 16.5. The van der Waals surface area contributed by atoms with Crippen molar-refractivity contribution in [3.05, 3.63) is 12.2 Å². The van der Waals surface area contributed by atoms with Crippen LogP contribution in [-0.2, 0) is 19.1 Å². The summed E-state index contributed by atoms with van der Waals surface area (Å²) in [5.41, 5.74) is 0. The van der Waals surface area contributed by atoms with Gasteiger partial charge in [-0.15, -0.1) is 0 Å². The fraction of sp³-hybridized carbons (Fsp3) is 0.667. The maximum absolute atomic E-state index is 12.7. The maximum Gasteiger partial charge on any atom is 0.310 e. The van der Waals surface area contributed by atoms with Crippen molar-refractivity contribution in [2.45, 2.75) is 12.8 Å². The minimum absolute atomic E-state index is 0.0274. The summed E-state index contributed by atoms with van der Waals surface area (Å²) in [6.45, 7) is 0.845. The predicted octanol–water partition coefficient (Wildman–Crippen LogP) is 0.531. The van der Waals surface area contributed by atoms with E-state index in [0.29, 0.717) is 19.5 Å². The number of aliphatic carboxylic acids is 1. The smallest absolute Gasteiger partial charge is 0.310 e. The number of rotatable bonds is 3. The van der Waals surface area contributed by atoms with Gasteiger partial charge in [-0.2, -0.15) is 0 Å². The second-order valence-corrected chi connectivity index (χ2v) is 6.13. The van der Waals surface area contributed by atoms with Crippen molar-refractivity contribution < 1.29 is 24.2 Å². The second-order valence-electron chi connectivity index (χ2n) is 6.13. The largest absolute Gasteiger partial charge is 0.481 e. The zero-order chi connectivity index (χ0) is 15.1. The Morgan fingerprint density at radius 3 is 2.48 bits per heavy atom. The molecule has 1 aliphatic heterocycles. The van der Waals surface area contributed by atoms with Gasteiger partial charge in [0.1, 0.15) is 0 Å². The molecule has 0 radical (unpaired) electrons. The molecule has 3 rings (SSSR count). The first-order valence-electron chi connectivity index (χ1n) is 7.30. The Labute approximate surface area is 122 Å². The van der Waals surface area contributed by atoms with Crippen molar-refractivity contribution in [3.8, 4) is 0 Å². The number of carboxylic acid groups (broad SMARTS) is 1. The number of nitrogens with zero attached hydrogens (tertiary/aromatic N) is 1. The van der Waals surface area contributed by atoms with Gasteiger partial charge in [0, 0.05) is 13.1 Å². The van der Waals surface area contributed by atoms with Crippen molar-refractivity contribution in [1.29, 1.82) is 0 Å². The van der Waals surface area contributed by atoms with E-state index in [1.54, 1.807) is 4.90 Å². The standard InChI is InChI=1S/C15H19NO5/c1-21-15(20)10-4-5-16(7-10)13(17)11-8-2-3-9(6-8)12(11)14(18)19/h2-3,8-12H,4-7H2,1H3,(H,18,19). The van der Waals surface area contributed by atoms with Gasteiger partial charge < -0.3 is 14.7 Å². The summed E-state index contributed by atoms with van der Waals surface area (Å²) < 4.78 is 4.71. The van der Waals surface area contributed by atoms with Crippen LogP contribution in [0.1, 0.15) is 12.8 Å². The van der Waals surface area contributed by atoms with Gasteiger partial charge in [0.15, 0.2) is 0 Å². The van der Waals surface area contributed by atoms with Crippen LogP contribution in [0.15, 0.2) is 12.2 Å². The molecule has 0 spiro atoms. The van der Waals surface area contributed by atoms with Crippen LogP contribution in [0, 0.1) is 29.6 Å². The Balaban J connectivity index is 1.72. The lowest BCUT2D eigenvalue weighted by Gasteiger charge is -2.28. The molecule has 0 aromatic heterocycles. The normalized spacial score (nSPS) is 37.0. The Bertz CT molecular complexity index is 514. The SMILES string of the molecule is COC(=O)C1CCN(C(=O)C2C3C=CC(C3)C2C(=O)O)C1. The third-order valence-electron chi connectivity index (χ3n) is 5.06. The van der Waals surface area contributed by atoms with Gasteiger partial charge in [-0.25, -0.2) is 0 Å². The van der Waals surface area contributed by atoms with Gasteiger partial charge in [0.25, 0.3) is 0 Å². The second kappa shape index (κ2) is 5.16. The average molecular weight is 293 g/mol. The lowest BCUT2D eigenvalue weighted by molar-refractivity contribution is -0.151. The maximum atomic E-state index is 12.7. The summed E-state index contributed by atoms with van der Waals surface area (Å²) in [6, 6.07) is 0. The zero-order valence-electron chi connectivity index (χ0n) is 11.9. The molecule has 3 aliphatic rings. The molecule has 2 aliphatic carbocycles. The number of carbonyl (C=O) groups is 3. The Morgan fingerprint density at radius 1 is 1.19 bits per heavy atom. The van der Waals surface area contributed by atoms with Crippen LogP contribution in [0.5, 0.6) is 0 Å². The molecule has 1 saturated heterocycles. The number of hydrogen-bond donors (Lipinski definition) is 1. The number of carbonyl (C=O) groups excluding carboxylic acids is 2. The van der Waals surface area contributed by atoms with Gasteiger partial charge in [-0.05, 0) is 24.7 Å². The molecule has 1 saturated carbocycles. The van der Waals surface area contributed by atoms with Crippen molar-refractivity contribution in [2.75, 3.05) is 20.2 Å². The molecule has 6 nitrogen and oxygen atoms in total. The van der Waals surface area contributed by atoms with E-state index in [-0.39, 0.29) is 29.6 Å². The van der Waals surface area contributed by atoms with E-state index >= 15 is 0 Å². The van der Waals surface area contributed by atoms with Crippen LogP contribution >= 0.6 is 0 Å². The van der Waals surface area contributed by atoms with Gasteiger partial charge in [-0.1, -0.05) is 12.2 Å². The first kappa shape index (κ1) is 14.1. The van der Waals surface area contributed by atoms with Crippen molar-refractivity contribution in [2.24, 2.45) is 29.6 Å². The number of ether oxygens (including phenoxy) is 1. The fourth-order valence-electron chi connectivity index (χ4n) is 4.03. The molecule has 5 atom stereocenters. The number of hydrogen-bond acceptors (Lipinski definition) is 4. The molecular weight excluding hydrogens is 274 g/mol. The van der Waals surface area contributed by atoms with Gasteiger partial charge >= 0.3 is 11.9 Å². The van der Waals surface area contributed by atoms with E-state index in [1.807, 2.05) is 12.2 Å². The molecule has 2 fully saturated rings. The van der Waals surface area contributed by atoms with Crippen molar-refractivity contribution in [1.82, 2.24) is 4.90 Å². The Kier molecular flexibility index (Phi) is 3.47. The number of esters is 1. The molecule has 114 valence electrons. The summed E-state index contributed by atoms with van der Waals surface area (Å²) in [6.07, 6.45) is 5.24. The number of carboxylic acids is 1. The minimum atomic E-state index is -0.895. The quantitative estimate of drug-likeness (QED) is 0.606. The van der Waals surface area contributed by atoms with Crippen LogP contribution in [-0.4, -0.2) is 48.1 Å². The lowest BCUT2D eigenvalue weighted by Crippen LogP contribution is -2.42. The summed E-state index contributed by atoms with van der Waals surface area (Å²) in [5, 5.41) is 9.40. The molecule has 1 amide bonds. The first-order chi connectivity index (χ1) is 10.0. The highest BCUT2D eigenvalue weighted by molar-refractivity contribution is 5.87. The number of allylic oxidation sites excluding steroid dienone is 2. The van der Waals surface area contributed by atoms with Gasteiger partial charge in [0.2, 0.25) is 5.91 Å². The molecule has 1 N–H and O–H groups in total. The highest BCUT2D eigenvalue weighted by Gasteiger charge is 2.53. The summed E-state index contributed by atoms with van der Waals surface area (Å²) >= 11 is 0. The lowest BCUT2D eigenvalue weighted by atomic mass is 9.82. The highest BCUT2D eigenvalue weighted by Crippen LogP contribution is 2.49. The summed E-state index contributed by atoms with van der Waals surface area (Å²) in [7, 11) is 1.34. The first-order valence-corrected chi connectivity index (χ1v) is 7.30. The van der Waals surface area contributed by atoms with E-state index in [2.05, 4.69) is 0 Å². The van der Waals surface area contributed by atoms with Crippen LogP contribution in [0.4, 0.5) is 0 Å². The van der Waals surface area contributed by atoms with Crippen LogP contribution in [0.3, 0.4) is 0 Å². The van der Waals surface area contributed by atoms with Crippen molar-refractivity contribution >= 4 is 17.8 Å². The molecular formula is C15H19NO5.